The van der Waals surface area contributed by atoms with Gasteiger partial charge in [-0.05, 0) is 25.2 Å². The molecule has 124 valence electrons. The van der Waals surface area contributed by atoms with Crippen LogP contribution in [-0.2, 0) is 11.2 Å². The summed E-state index contributed by atoms with van der Waals surface area (Å²) in [5, 5.41) is 0.891. The molecule has 0 aliphatic heterocycles. The van der Waals surface area contributed by atoms with Gasteiger partial charge in [0.25, 0.3) is 0 Å². The van der Waals surface area contributed by atoms with Gasteiger partial charge in [-0.2, -0.15) is 0 Å². The van der Waals surface area contributed by atoms with E-state index in [0.717, 1.165) is 29.1 Å². The number of esters is 1. The molecule has 4 heteroatoms. The molecule has 0 bridgehead atoms. The lowest BCUT2D eigenvalue weighted by molar-refractivity contribution is 0.0530. The molecule has 3 nitrogen and oxygen atoms in total. The minimum absolute atomic E-state index is 0.249. The monoisotopic (exact) mass is 331 g/mol. The quantitative estimate of drug-likeness (QED) is 0.654. The lowest BCUT2D eigenvalue weighted by atomic mass is 9.89. The van der Waals surface area contributed by atoms with E-state index in [1.54, 1.807) is 0 Å². The van der Waals surface area contributed by atoms with Crippen LogP contribution in [0, 0.1) is 11.8 Å². The number of aromatic nitrogens is 1. The Labute approximate surface area is 142 Å². The van der Waals surface area contributed by atoms with Gasteiger partial charge in [0, 0.05) is 5.56 Å². The van der Waals surface area contributed by atoms with Gasteiger partial charge in [0.05, 0.1) is 12.3 Å². The maximum absolute atomic E-state index is 12.3. The van der Waals surface area contributed by atoms with Crippen molar-refractivity contribution >= 4 is 17.3 Å². The Bertz CT molecular complexity index is 634. The van der Waals surface area contributed by atoms with Crippen molar-refractivity contribution in [3.8, 4) is 10.6 Å². The van der Waals surface area contributed by atoms with Crippen LogP contribution >= 0.6 is 11.3 Å². The van der Waals surface area contributed by atoms with Gasteiger partial charge >= 0.3 is 5.97 Å². The first-order chi connectivity index (χ1) is 11.1. The molecule has 0 fully saturated rings. The summed E-state index contributed by atoms with van der Waals surface area (Å²) >= 11 is 1.44. The molecule has 23 heavy (non-hydrogen) atoms. The van der Waals surface area contributed by atoms with Crippen molar-refractivity contribution in [2.24, 2.45) is 11.8 Å². The van der Waals surface area contributed by atoms with Crippen LogP contribution in [0.4, 0.5) is 0 Å². The van der Waals surface area contributed by atoms with Gasteiger partial charge < -0.3 is 4.74 Å². The molecule has 0 saturated carbocycles. The third kappa shape index (κ3) is 4.41. The summed E-state index contributed by atoms with van der Waals surface area (Å²) in [4.78, 5) is 17.7. The van der Waals surface area contributed by atoms with E-state index in [4.69, 9.17) is 9.72 Å². The highest BCUT2D eigenvalue weighted by Crippen LogP contribution is 2.31. The molecule has 2 aromatic rings. The summed E-state index contributed by atoms with van der Waals surface area (Å²) in [7, 11) is 0. The Hall–Kier alpha value is -1.68. The summed E-state index contributed by atoms with van der Waals surface area (Å²) in [6.07, 6.45) is 1.91. The number of rotatable bonds is 7. The van der Waals surface area contributed by atoms with Crippen molar-refractivity contribution in [2.45, 2.75) is 40.5 Å². The Morgan fingerprint density at radius 3 is 2.48 bits per heavy atom. The molecule has 0 N–H and O–H groups in total. The predicted octanol–water partition coefficient (Wildman–Crippen LogP) is 5.21. The van der Waals surface area contributed by atoms with Crippen molar-refractivity contribution in [2.75, 3.05) is 6.61 Å². The van der Waals surface area contributed by atoms with Crippen LogP contribution in [0.15, 0.2) is 30.3 Å². The number of carbonyl (C=O) groups excluding carboxylic acids is 1. The van der Waals surface area contributed by atoms with E-state index in [2.05, 4.69) is 20.8 Å². The van der Waals surface area contributed by atoms with Gasteiger partial charge in [0.2, 0.25) is 0 Å². The van der Waals surface area contributed by atoms with Crippen LogP contribution in [0.25, 0.3) is 10.6 Å². The second kappa shape index (κ2) is 8.25. The summed E-state index contributed by atoms with van der Waals surface area (Å²) in [5.74, 6) is 0.839. The predicted molar refractivity (Wildman–Crippen MR) is 95.8 cm³/mol. The lowest BCUT2D eigenvalue weighted by Gasteiger charge is -2.18. The van der Waals surface area contributed by atoms with Crippen molar-refractivity contribution in [3.63, 3.8) is 0 Å². The third-order valence-electron chi connectivity index (χ3n) is 4.10. The minimum Gasteiger partial charge on any atom is -0.462 e. The number of hydrogen-bond donors (Lipinski definition) is 0. The number of nitrogens with zero attached hydrogens (tertiary/aromatic N) is 1. The zero-order chi connectivity index (χ0) is 16.8. The maximum atomic E-state index is 12.3. The molecule has 0 spiro atoms. The third-order valence-corrected chi connectivity index (χ3v) is 5.23. The average Bonchev–Trinajstić information content (AvgIpc) is 2.97. The van der Waals surface area contributed by atoms with E-state index in [0.29, 0.717) is 23.3 Å². The second-order valence-corrected chi connectivity index (χ2v) is 7.00. The molecule has 1 aromatic carbocycles. The second-order valence-electron chi connectivity index (χ2n) is 6.00. The highest BCUT2D eigenvalue weighted by atomic mass is 32.1. The van der Waals surface area contributed by atoms with Crippen LogP contribution in [0.2, 0.25) is 0 Å². The Kier molecular flexibility index (Phi) is 6.34. The van der Waals surface area contributed by atoms with Gasteiger partial charge in [0.15, 0.2) is 0 Å². The summed E-state index contributed by atoms with van der Waals surface area (Å²) in [6, 6.07) is 10.0. The van der Waals surface area contributed by atoms with Crippen LogP contribution in [0.3, 0.4) is 0 Å². The van der Waals surface area contributed by atoms with Gasteiger partial charge in [0.1, 0.15) is 9.88 Å². The number of thiazole rings is 1. The number of hydrogen-bond acceptors (Lipinski definition) is 4. The van der Waals surface area contributed by atoms with Crippen molar-refractivity contribution in [3.05, 3.63) is 40.9 Å². The molecular weight excluding hydrogens is 306 g/mol. The molecule has 1 heterocycles. The average molecular weight is 331 g/mol. The fraction of sp³-hybridized carbons (Fsp3) is 0.474. The van der Waals surface area contributed by atoms with Gasteiger partial charge in [-0.15, -0.1) is 11.3 Å². The molecule has 1 unspecified atom stereocenters. The van der Waals surface area contributed by atoms with Crippen molar-refractivity contribution in [1.29, 1.82) is 0 Å². The summed E-state index contributed by atoms with van der Waals surface area (Å²) < 4.78 is 5.22. The van der Waals surface area contributed by atoms with E-state index < -0.39 is 0 Å². The van der Waals surface area contributed by atoms with Gasteiger partial charge in [-0.25, -0.2) is 9.78 Å². The topological polar surface area (TPSA) is 39.2 Å². The van der Waals surface area contributed by atoms with E-state index in [9.17, 15) is 4.79 Å². The van der Waals surface area contributed by atoms with E-state index >= 15 is 0 Å². The number of carbonyl (C=O) groups is 1. The Balaban J connectivity index is 2.38. The Morgan fingerprint density at radius 1 is 1.22 bits per heavy atom. The van der Waals surface area contributed by atoms with Crippen LogP contribution in [-0.4, -0.2) is 17.6 Å². The van der Waals surface area contributed by atoms with Gasteiger partial charge in [-0.3, -0.25) is 0 Å². The maximum Gasteiger partial charge on any atom is 0.350 e. The van der Waals surface area contributed by atoms with Gasteiger partial charge in [-0.1, -0.05) is 57.5 Å². The minimum atomic E-state index is -0.249. The fourth-order valence-corrected chi connectivity index (χ4v) is 3.64. The molecule has 0 amide bonds. The summed E-state index contributed by atoms with van der Waals surface area (Å²) in [6.45, 7) is 8.86. The van der Waals surface area contributed by atoms with E-state index in [1.807, 2.05) is 37.3 Å². The fourth-order valence-electron chi connectivity index (χ4n) is 2.65. The molecule has 0 saturated heterocycles. The molecular formula is C19H25NO2S. The standard InChI is InChI=1S/C19H25NO2S/c1-5-14(13(3)4)12-16-17(19(21)22-6-2)23-18(20-16)15-10-8-7-9-11-15/h7-11,13-14H,5-6,12H2,1-4H3. The Morgan fingerprint density at radius 2 is 1.91 bits per heavy atom. The zero-order valence-corrected chi connectivity index (χ0v) is 15.2. The van der Waals surface area contributed by atoms with Crippen LogP contribution in [0.5, 0.6) is 0 Å². The number of ether oxygens (including phenoxy) is 1. The molecule has 1 aromatic heterocycles. The van der Waals surface area contributed by atoms with Crippen LogP contribution in [0.1, 0.15) is 49.5 Å². The zero-order valence-electron chi connectivity index (χ0n) is 14.3. The van der Waals surface area contributed by atoms with Crippen molar-refractivity contribution in [1.82, 2.24) is 4.98 Å². The van der Waals surface area contributed by atoms with E-state index in [-0.39, 0.29) is 5.97 Å². The highest BCUT2D eigenvalue weighted by molar-refractivity contribution is 7.17. The molecule has 0 radical (unpaired) electrons. The molecule has 1 atom stereocenters. The molecule has 0 aliphatic carbocycles. The summed E-state index contributed by atoms with van der Waals surface area (Å²) in [5.41, 5.74) is 1.93. The molecule has 0 aliphatic rings. The smallest absolute Gasteiger partial charge is 0.350 e. The first kappa shape index (κ1) is 17.7. The first-order valence-electron chi connectivity index (χ1n) is 8.29. The number of benzene rings is 1. The molecule has 2 rings (SSSR count). The largest absolute Gasteiger partial charge is 0.462 e. The normalized spacial score (nSPS) is 12.4. The van der Waals surface area contributed by atoms with Crippen LogP contribution < -0.4 is 0 Å². The van der Waals surface area contributed by atoms with E-state index in [1.165, 1.54) is 11.3 Å². The SMILES string of the molecule is CCOC(=O)c1sc(-c2ccccc2)nc1CC(CC)C(C)C. The highest BCUT2D eigenvalue weighted by Gasteiger charge is 2.23. The van der Waals surface area contributed by atoms with Crippen molar-refractivity contribution < 1.29 is 9.53 Å². The first-order valence-corrected chi connectivity index (χ1v) is 9.10. The lowest BCUT2D eigenvalue weighted by Crippen LogP contribution is -2.14.